The molecule has 0 radical (unpaired) electrons. The van der Waals surface area contributed by atoms with Crippen molar-refractivity contribution in [2.24, 2.45) is 0 Å². The van der Waals surface area contributed by atoms with E-state index in [9.17, 15) is 18.4 Å². The van der Waals surface area contributed by atoms with Crippen LogP contribution in [0.5, 0.6) is 5.75 Å². The molecule has 1 atom stereocenters. The number of nitrogens with zero attached hydrogens (tertiary/aromatic N) is 2. The fourth-order valence-electron chi connectivity index (χ4n) is 3.12. The molecule has 1 unspecified atom stereocenters. The molecule has 0 N–H and O–H groups in total. The zero-order valence-corrected chi connectivity index (χ0v) is 18.0. The maximum atomic E-state index is 14.2. The number of rotatable bonds is 7. The molecule has 2 aromatic rings. The molecule has 1 aromatic heterocycles. The average Bonchev–Trinajstić information content (AvgIpc) is 2.72. The number of benzene rings is 1. The maximum Gasteiger partial charge on any atom is 0.227 e. The molecule has 1 aromatic carbocycles. The Morgan fingerprint density at radius 1 is 1.27 bits per heavy atom. The third kappa shape index (κ3) is 5.60. The Morgan fingerprint density at radius 3 is 2.67 bits per heavy atom. The smallest absolute Gasteiger partial charge is 0.227 e. The highest BCUT2D eigenvalue weighted by atomic mass is 79.9. The summed E-state index contributed by atoms with van der Waals surface area (Å²) in [5.74, 6) is -2.90. The Labute approximate surface area is 181 Å². The number of hydrogen-bond acceptors (Lipinski definition) is 5. The van der Waals surface area contributed by atoms with Gasteiger partial charge in [0.2, 0.25) is 5.91 Å². The van der Waals surface area contributed by atoms with Crippen LogP contribution < -0.4 is 4.74 Å². The van der Waals surface area contributed by atoms with Crippen LogP contribution in [-0.2, 0) is 16.0 Å². The minimum atomic E-state index is -0.947. The molecule has 1 saturated heterocycles. The number of amides is 1. The van der Waals surface area contributed by atoms with E-state index in [1.807, 2.05) is 6.07 Å². The first-order valence-corrected chi connectivity index (χ1v) is 10.3. The Balaban J connectivity index is 1.59. The summed E-state index contributed by atoms with van der Waals surface area (Å²) in [5, 5.41) is 0. The lowest BCUT2D eigenvalue weighted by molar-refractivity contribution is -0.139. The van der Waals surface area contributed by atoms with Crippen LogP contribution in [0.25, 0.3) is 0 Å². The number of hydrogen-bond donors (Lipinski definition) is 0. The van der Waals surface area contributed by atoms with E-state index in [1.54, 1.807) is 24.2 Å². The van der Waals surface area contributed by atoms with Gasteiger partial charge in [-0.25, -0.2) is 8.78 Å². The number of halogens is 3. The number of pyridine rings is 1. The van der Waals surface area contributed by atoms with E-state index in [1.165, 1.54) is 0 Å². The maximum absolute atomic E-state index is 14.2. The highest BCUT2D eigenvalue weighted by Crippen LogP contribution is 2.25. The van der Waals surface area contributed by atoms with Crippen LogP contribution in [0.1, 0.15) is 29.3 Å². The van der Waals surface area contributed by atoms with Crippen molar-refractivity contribution in [3.8, 4) is 5.75 Å². The summed E-state index contributed by atoms with van der Waals surface area (Å²) in [6.07, 6.45) is 3.07. The van der Waals surface area contributed by atoms with Gasteiger partial charge < -0.3 is 14.4 Å². The second-order valence-corrected chi connectivity index (χ2v) is 7.79. The van der Waals surface area contributed by atoms with Gasteiger partial charge in [-0.3, -0.25) is 14.6 Å². The number of ketones is 1. The number of Topliss-reactive ketones (excluding diaryl/α,β-unsaturated/α-hetero) is 1. The van der Waals surface area contributed by atoms with Gasteiger partial charge in [-0.15, -0.1) is 0 Å². The second kappa shape index (κ2) is 10.1. The predicted molar refractivity (Wildman–Crippen MR) is 108 cm³/mol. The van der Waals surface area contributed by atoms with Crippen LogP contribution >= 0.6 is 15.9 Å². The lowest BCUT2D eigenvalue weighted by Crippen LogP contribution is -2.48. The average molecular weight is 483 g/mol. The fraction of sp³-hybridized carbons (Fsp3) is 0.381. The van der Waals surface area contributed by atoms with E-state index in [0.717, 1.165) is 22.2 Å². The Hall–Kier alpha value is -2.39. The molecule has 1 fully saturated rings. The largest absolute Gasteiger partial charge is 0.485 e. The summed E-state index contributed by atoms with van der Waals surface area (Å²) in [4.78, 5) is 29.9. The molecule has 9 heteroatoms. The number of carbonyl (C=O) groups excluding carboxylic acids is 2. The molecule has 160 valence electrons. The van der Waals surface area contributed by atoms with Crippen molar-refractivity contribution in [2.45, 2.75) is 25.9 Å². The summed E-state index contributed by atoms with van der Waals surface area (Å²) in [6.45, 7) is 2.45. The highest BCUT2D eigenvalue weighted by Gasteiger charge is 2.26. The second-order valence-electron chi connectivity index (χ2n) is 6.88. The third-order valence-corrected chi connectivity index (χ3v) is 5.10. The van der Waals surface area contributed by atoms with Crippen LogP contribution in [0.4, 0.5) is 8.78 Å². The molecule has 6 nitrogen and oxygen atoms in total. The van der Waals surface area contributed by atoms with Gasteiger partial charge in [0.05, 0.1) is 19.6 Å². The molecule has 3 rings (SSSR count). The molecule has 0 aliphatic carbocycles. The van der Waals surface area contributed by atoms with Crippen LogP contribution in [0.15, 0.2) is 35.1 Å². The first-order chi connectivity index (χ1) is 14.4. The highest BCUT2D eigenvalue weighted by molar-refractivity contribution is 9.10. The van der Waals surface area contributed by atoms with Gasteiger partial charge in [0, 0.05) is 35.4 Å². The quantitative estimate of drug-likeness (QED) is 0.564. The number of aromatic nitrogens is 1. The van der Waals surface area contributed by atoms with E-state index < -0.39 is 23.5 Å². The Morgan fingerprint density at radius 2 is 2.00 bits per heavy atom. The minimum Gasteiger partial charge on any atom is -0.485 e. The number of morpholine rings is 1. The third-order valence-electron chi connectivity index (χ3n) is 4.66. The van der Waals surface area contributed by atoms with Crippen molar-refractivity contribution in [1.82, 2.24) is 9.88 Å². The molecule has 30 heavy (non-hydrogen) atoms. The SMILES string of the molecule is CCC(=O)c1cc(F)c(OCC2CN(C(=O)Cc3cncc(Br)c3)CCO2)c(F)c1. The minimum absolute atomic E-state index is 0.0347. The number of ether oxygens (including phenoxy) is 2. The molecular formula is C21H21BrF2N2O4. The summed E-state index contributed by atoms with van der Waals surface area (Å²) in [6, 6.07) is 3.76. The van der Waals surface area contributed by atoms with Gasteiger partial charge in [-0.05, 0) is 39.7 Å². The van der Waals surface area contributed by atoms with Crippen molar-refractivity contribution >= 4 is 27.6 Å². The van der Waals surface area contributed by atoms with Gasteiger partial charge in [0.15, 0.2) is 23.2 Å². The van der Waals surface area contributed by atoms with E-state index in [-0.39, 0.29) is 43.2 Å². The topological polar surface area (TPSA) is 68.7 Å². The van der Waals surface area contributed by atoms with Gasteiger partial charge in [0.25, 0.3) is 0 Å². The normalized spacial score (nSPS) is 16.4. The molecule has 0 saturated carbocycles. The van der Waals surface area contributed by atoms with Crippen molar-refractivity contribution in [3.63, 3.8) is 0 Å². The molecule has 0 bridgehead atoms. The molecule has 2 heterocycles. The van der Waals surface area contributed by atoms with Gasteiger partial charge >= 0.3 is 0 Å². The van der Waals surface area contributed by atoms with Crippen LogP contribution in [0, 0.1) is 11.6 Å². The summed E-state index contributed by atoms with van der Waals surface area (Å²) in [7, 11) is 0. The summed E-state index contributed by atoms with van der Waals surface area (Å²) >= 11 is 3.32. The Kier molecular flexibility index (Phi) is 7.49. The Bertz CT molecular complexity index is 918. The fourth-order valence-corrected chi connectivity index (χ4v) is 3.54. The van der Waals surface area contributed by atoms with Gasteiger partial charge in [-0.1, -0.05) is 6.92 Å². The number of carbonyl (C=O) groups is 2. The molecule has 1 amide bonds. The predicted octanol–water partition coefficient (Wildman–Crippen LogP) is 3.56. The van der Waals surface area contributed by atoms with E-state index in [2.05, 4.69) is 20.9 Å². The lowest BCUT2D eigenvalue weighted by atomic mass is 10.1. The first kappa shape index (κ1) is 22.3. The van der Waals surface area contributed by atoms with Crippen molar-refractivity contribution in [2.75, 3.05) is 26.3 Å². The molecular weight excluding hydrogens is 462 g/mol. The molecule has 1 aliphatic heterocycles. The van der Waals surface area contributed by atoms with Crippen LogP contribution in [0.3, 0.4) is 0 Å². The van der Waals surface area contributed by atoms with Crippen molar-refractivity contribution < 1.29 is 27.8 Å². The van der Waals surface area contributed by atoms with Crippen molar-refractivity contribution in [1.29, 1.82) is 0 Å². The van der Waals surface area contributed by atoms with E-state index in [4.69, 9.17) is 9.47 Å². The lowest BCUT2D eigenvalue weighted by Gasteiger charge is -2.33. The monoisotopic (exact) mass is 482 g/mol. The van der Waals surface area contributed by atoms with E-state index in [0.29, 0.717) is 13.2 Å². The first-order valence-electron chi connectivity index (χ1n) is 9.51. The zero-order chi connectivity index (χ0) is 21.7. The standard InChI is InChI=1S/C21H21BrF2N2O4/c1-2-19(27)14-7-17(23)21(18(24)8-14)30-12-16-11-26(3-4-29-16)20(28)6-13-5-15(22)10-25-9-13/h5,7-10,16H,2-4,6,11-12H2,1H3. The van der Waals surface area contributed by atoms with E-state index >= 15 is 0 Å². The molecule has 0 spiro atoms. The van der Waals surface area contributed by atoms with Crippen molar-refractivity contribution in [3.05, 3.63) is 57.8 Å². The zero-order valence-electron chi connectivity index (χ0n) is 16.4. The van der Waals surface area contributed by atoms with Crippen LogP contribution in [-0.4, -0.2) is 54.0 Å². The molecule has 1 aliphatic rings. The van der Waals surface area contributed by atoms with Gasteiger partial charge in [-0.2, -0.15) is 0 Å². The summed E-state index contributed by atoms with van der Waals surface area (Å²) in [5.41, 5.74) is 0.743. The van der Waals surface area contributed by atoms with Gasteiger partial charge in [0.1, 0.15) is 12.7 Å². The van der Waals surface area contributed by atoms with Crippen LogP contribution in [0.2, 0.25) is 0 Å². The summed E-state index contributed by atoms with van der Waals surface area (Å²) < 4.78 is 40.1.